The van der Waals surface area contributed by atoms with Gasteiger partial charge in [0, 0.05) is 23.8 Å². The predicted molar refractivity (Wildman–Crippen MR) is 70.1 cm³/mol. The van der Waals surface area contributed by atoms with E-state index in [0.29, 0.717) is 12.1 Å². The second kappa shape index (κ2) is 4.89. The van der Waals surface area contributed by atoms with Crippen LogP contribution >= 0.6 is 0 Å². The molecule has 0 radical (unpaired) electrons. The number of benzene rings is 1. The minimum absolute atomic E-state index is 0.0988. The van der Waals surface area contributed by atoms with Crippen LogP contribution in [0.25, 0.3) is 10.9 Å². The fourth-order valence-electron chi connectivity index (χ4n) is 2.31. The van der Waals surface area contributed by atoms with Gasteiger partial charge < -0.3 is 9.88 Å². The summed E-state index contributed by atoms with van der Waals surface area (Å²) >= 11 is 0. The maximum absolute atomic E-state index is 12.8. The van der Waals surface area contributed by atoms with E-state index in [9.17, 15) is 13.2 Å². The Morgan fingerprint density at radius 2 is 1.95 bits per heavy atom. The van der Waals surface area contributed by atoms with Crippen molar-refractivity contribution in [2.24, 2.45) is 0 Å². The predicted octanol–water partition coefficient (Wildman–Crippen LogP) is 3.96. The van der Waals surface area contributed by atoms with Gasteiger partial charge >= 0.3 is 6.18 Å². The summed E-state index contributed by atoms with van der Waals surface area (Å²) in [6.45, 7) is 4.57. The van der Waals surface area contributed by atoms with Crippen molar-refractivity contribution in [2.75, 3.05) is 7.05 Å². The maximum Gasteiger partial charge on any atom is 0.416 e. The number of halogens is 3. The molecule has 2 rings (SSSR count). The lowest BCUT2D eigenvalue weighted by Crippen LogP contribution is -2.16. The quantitative estimate of drug-likeness (QED) is 0.893. The summed E-state index contributed by atoms with van der Waals surface area (Å²) in [5.41, 5.74) is 1.03. The van der Waals surface area contributed by atoms with Crippen molar-refractivity contribution in [3.63, 3.8) is 0 Å². The zero-order valence-corrected chi connectivity index (χ0v) is 11.2. The zero-order valence-electron chi connectivity index (χ0n) is 11.2. The smallest absolute Gasteiger partial charge is 0.343 e. The molecule has 0 spiro atoms. The molecule has 0 amide bonds. The Morgan fingerprint density at radius 3 is 2.47 bits per heavy atom. The first-order chi connectivity index (χ1) is 8.88. The molecule has 19 heavy (non-hydrogen) atoms. The molecule has 1 aromatic heterocycles. The largest absolute Gasteiger partial charge is 0.416 e. The molecule has 1 aromatic carbocycles. The highest BCUT2D eigenvalue weighted by molar-refractivity contribution is 5.82. The Kier molecular flexibility index (Phi) is 3.58. The fraction of sp³-hybridized carbons (Fsp3) is 0.429. The average Bonchev–Trinajstić information content (AvgIpc) is 2.74. The minimum atomic E-state index is -4.30. The Morgan fingerprint density at radius 1 is 1.26 bits per heavy atom. The Balaban J connectivity index is 2.65. The number of hydrogen-bond acceptors (Lipinski definition) is 1. The Labute approximate surface area is 110 Å². The van der Waals surface area contributed by atoms with Crippen LogP contribution in [-0.4, -0.2) is 11.6 Å². The average molecular weight is 270 g/mol. The lowest BCUT2D eigenvalue weighted by Gasteiger charge is -2.14. The normalized spacial score (nSPS) is 14.0. The van der Waals surface area contributed by atoms with Gasteiger partial charge in [0.1, 0.15) is 0 Å². The number of fused-ring (bicyclic) bond motifs is 1. The fourth-order valence-corrected chi connectivity index (χ4v) is 2.31. The summed E-state index contributed by atoms with van der Waals surface area (Å²) in [5.74, 6) is 0. The van der Waals surface area contributed by atoms with Gasteiger partial charge in [0.15, 0.2) is 0 Å². The number of rotatable bonds is 3. The molecule has 0 aliphatic heterocycles. The molecule has 0 saturated carbocycles. The lowest BCUT2D eigenvalue weighted by molar-refractivity contribution is -0.137. The standard InChI is InChI=1S/C14H17F3N2/c1-4-19-12(9(2)18-3)7-10-5-6-11(8-13(10)19)14(15,16)17/h5-9,18H,4H2,1-3H3. The highest BCUT2D eigenvalue weighted by Crippen LogP contribution is 2.33. The van der Waals surface area contributed by atoms with E-state index in [0.717, 1.165) is 17.1 Å². The molecule has 0 aliphatic rings. The van der Waals surface area contributed by atoms with Gasteiger partial charge in [0.05, 0.1) is 5.56 Å². The summed E-state index contributed by atoms with van der Waals surface area (Å²) in [7, 11) is 1.84. The van der Waals surface area contributed by atoms with Crippen molar-refractivity contribution in [1.82, 2.24) is 9.88 Å². The van der Waals surface area contributed by atoms with Gasteiger partial charge in [0.25, 0.3) is 0 Å². The van der Waals surface area contributed by atoms with E-state index in [4.69, 9.17) is 0 Å². The lowest BCUT2D eigenvalue weighted by atomic mass is 10.1. The molecule has 2 aromatic rings. The van der Waals surface area contributed by atoms with Crippen molar-refractivity contribution in [2.45, 2.75) is 32.6 Å². The molecule has 5 heteroatoms. The van der Waals surface area contributed by atoms with Crippen LogP contribution in [0, 0.1) is 0 Å². The molecule has 0 aliphatic carbocycles. The van der Waals surface area contributed by atoms with Gasteiger partial charge in [-0.25, -0.2) is 0 Å². The number of nitrogens with zero attached hydrogens (tertiary/aromatic N) is 1. The molecule has 104 valence electrons. The third kappa shape index (κ3) is 2.47. The first kappa shape index (κ1) is 13.9. The van der Waals surface area contributed by atoms with E-state index in [1.165, 1.54) is 12.1 Å². The van der Waals surface area contributed by atoms with Gasteiger partial charge in [-0.3, -0.25) is 0 Å². The van der Waals surface area contributed by atoms with Crippen molar-refractivity contribution < 1.29 is 13.2 Å². The summed E-state index contributed by atoms with van der Waals surface area (Å²) in [4.78, 5) is 0. The van der Waals surface area contributed by atoms with Gasteiger partial charge in [-0.05, 0) is 44.5 Å². The monoisotopic (exact) mass is 270 g/mol. The van der Waals surface area contributed by atoms with E-state index in [1.807, 2.05) is 31.5 Å². The van der Waals surface area contributed by atoms with Crippen LogP contribution < -0.4 is 5.32 Å². The summed E-state index contributed by atoms with van der Waals surface area (Å²) < 4.78 is 40.2. The molecule has 1 heterocycles. The number of hydrogen-bond donors (Lipinski definition) is 1. The van der Waals surface area contributed by atoms with Crippen LogP contribution in [0.3, 0.4) is 0 Å². The van der Waals surface area contributed by atoms with Crippen molar-refractivity contribution in [1.29, 1.82) is 0 Å². The van der Waals surface area contributed by atoms with Gasteiger partial charge in [-0.1, -0.05) is 6.07 Å². The number of aromatic nitrogens is 1. The number of aryl methyl sites for hydroxylation is 1. The summed E-state index contributed by atoms with van der Waals surface area (Å²) in [6.07, 6.45) is -4.30. The Bertz CT molecular complexity index is 584. The van der Waals surface area contributed by atoms with Crippen molar-refractivity contribution in [3.8, 4) is 0 Å². The summed E-state index contributed by atoms with van der Waals surface area (Å²) in [6, 6.07) is 5.94. The van der Waals surface area contributed by atoms with E-state index in [-0.39, 0.29) is 6.04 Å². The second-order valence-corrected chi connectivity index (χ2v) is 4.60. The SMILES string of the molecule is CCn1c(C(C)NC)cc2ccc(C(F)(F)F)cc21. The number of nitrogens with one attached hydrogen (secondary N) is 1. The van der Waals surface area contributed by atoms with Gasteiger partial charge in [-0.15, -0.1) is 0 Å². The van der Waals surface area contributed by atoms with E-state index in [1.54, 1.807) is 0 Å². The van der Waals surface area contributed by atoms with Crippen molar-refractivity contribution >= 4 is 10.9 Å². The maximum atomic E-state index is 12.8. The minimum Gasteiger partial charge on any atom is -0.343 e. The molecule has 2 nitrogen and oxygen atoms in total. The molecule has 0 saturated heterocycles. The van der Waals surface area contributed by atoms with Gasteiger partial charge in [-0.2, -0.15) is 13.2 Å². The summed E-state index contributed by atoms with van der Waals surface area (Å²) in [5, 5.41) is 3.96. The second-order valence-electron chi connectivity index (χ2n) is 4.60. The van der Waals surface area contributed by atoms with Crippen LogP contribution in [-0.2, 0) is 12.7 Å². The molecule has 1 N–H and O–H groups in total. The zero-order chi connectivity index (χ0) is 14.2. The molecular formula is C14H17F3N2. The molecular weight excluding hydrogens is 253 g/mol. The first-order valence-electron chi connectivity index (χ1n) is 6.26. The van der Waals surface area contributed by atoms with E-state index >= 15 is 0 Å². The highest BCUT2D eigenvalue weighted by atomic mass is 19.4. The Hall–Kier alpha value is -1.49. The third-order valence-electron chi connectivity index (χ3n) is 3.46. The topological polar surface area (TPSA) is 17.0 Å². The third-order valence-corrected chi connectivity index (χ3v) is 3.46. The first-order valence-corrected chi connectivity index (χ1v) is 6.26. The van der Waals surface area contributed by atoms with Crippen molar-refractivity contribution in [3.05, 3.63) is 35.5 Å². The van der Waals surface area contributed by atoms with Crippen LogP contribution in [0.2, 0.25) is 0 Å². The molecule has 0 fully saturated rings. The van der Waals surface area contributed by atoms with E-state index < -0.39 is 11.7 Å². The number of alkyl halides is 3. The van der Waals surface area contributed by atoms with Gasteiger partial charge in [0.2, 0.25) is 0 Å². The van der Waals surface area contributed by atoms with Crippen LogP contribution in [0.15, 0.2) is 24.3 Å². The van der Waals surface area contributed by atoms with Crippen LogP contribution in [0.5, 0.6) is 0 Å². The molecule has 0 bridgehead atoms. The van der Waals surface area contributed by atoms with E-state index in [2.05, 4.69) is 5.32 Å². The molecule has 1 unspecified atom stereocenters. The van der Waals surface area contributed by atoms with Crippen LogP contribution in [0.1, 0.15) is 31.1 Å². The van der Waals surface area contributed by atoms with Crippen LogP contribution in [0.4, 0.5) is 13.2 Å². The molecule has 1 atom stereocenters. The highest BCUT2D eigenvalue weighted by Gasteiger charge is 2.31.